The fourth-order valence-corrected chi connectivity index (χ4v) is 3.42. The zero-order chi connectivity index (χ0) is 24.5. The predicted octanol–water partition coefficient (Wildman–Crippen LogP) is 4.71. The third kappa shape index (κ3) is 4.89. The molecule has 4 rings (SSSR count). The predicted molar refractivity (Wildman–Crippen MR) is 129 cm³/mol. The van der Waals surface area contributed by atoms with E-state index >= 15 is 0 Å². The number of nitrogens with zero attached hydrogens (tertiary/aromatic N) is 5. The van der Waals surface area contributed by atoms with Crippen LogP contribution in [-0.4, -0.2) is 51.4 Å². The van der Waals surface area contributed by atoms with Gasteiger partial charge in [0, 0.05) is 30.7 Å². The first kappa shape index (κ1) is 23.3. The minimum Gasteiger partial charge on any atom is -0.354 e. The second-order valence-electron chi connectivity index (χ2n) is 9.13. The van der Waals surface area contributed by atoms with Crippen molar-refractivity contribution in [3.8, 4) is 17.1 Å². The third-order valence-electron chi connectivity index (χ3n) is 5.23. The SMILES string of the molecule is CON(C)C(=O)c1ccc2c(-c3ccnc(NCC(C)(C)C)n3)n(-c3ccc(F)cc3)nc2c1. The molecule has 0 aliphatic rings. The van der Waals surface area contributed by atoms with Crippen LogP contribution >= 0.6 is 0 Å². The molecule has 0 atom stereocenters. The van der Waals surface area contributed by atoms with E-state index in [9.17, 15) is 9.18 Å². The van der Waals surface area contributed by atoms with Crippen molar-refractivity contribution in [3.05, 3.63) is 66.1 Å². The fourth-order valence-electron chi connectivity index (χ4n) is 3.42. The van der Waals surface area contributed by atoms with Gasteiger partial charge in [0.1, 0.15) is 11.5 Å². The highest BCUT2D eigenvalue weighted by molar-refractivity contribution is 6.00. The number of hydroxylamine groups is 2. The Morgan fingerprint density at radius 3 is 2.56 bits per heavy atom. The van der Waals surface area contributed by atoms with Gasteiger partial charge < -0.3 is 5.32 Å². The van der Waals surface area contributed by atoms with E-state index in [0.29, 0.717) is 40.6 Å². The van der Waals surface area contributed by atoms with Crippen LogP contribution in [0.2, 0.25) is 0 Å². The molecule has 4 aromatic rings. The highest BCUT2D eigenvalue weighted by Crippen LogP contribution is 2.31. The molecular weight excluding hydrogens is 435 g/mol. The largest absolute Gasteiger partial charge is 0.354 e. The molecule has 0 aliphatic heterocycles. The van der Waals surface area contributed by atoms with Crippen LogP contribution in [-0.2, 0) is 4.84 Å². The molecule has 8 nitrogen and oxygen atoms in total. The molecule has 0 spiro atoms. The van der Waals surface area contributed by atoms with Gasteiger partial charge in [0.25, 0.3) is 5.91 Å². The second-order valence-corrected chi connectivity index (χ2v) is 9.13. The third-order valence-corrected chi connectivity index (χ3v) is 5.23. The van der Waals surface area contributed by atoms with E-state index in [1.165, 1.54) is 19.2 Å². The summed E-state index contributed by atoms with van der Waals surface area (Å²) in [6.45, 7) is 7.08. The monoisotopic (exact) mass is 462 g/mol. The summed E-state index contributed by atoms with van der Waals surface area (Å²) >= 11 is 0. The smallest absolute Gasteiger partial charge is 0.277 e. The van der Waals surface area contributed by atoms with Gasteiger partial charge in [-0.3, -0.25) is 9.63 Å². The normalized spacial score (nSPS) is 11.6. The van der Waals surface area contributed by atoms with Crippen molar-refractivity contribution in [2.24, 2.45) is 5.41 Å². The zero-order valence-electron chi connectivity index (χ0n) is 19.8. The van der Waals surface area contributed by atoms with Crippen LogP contribution in [0.5, 0.6) is 0 Å². The van der Waals surface area contributed by atoms with Gasteiger partial charge in [-0.05, 0) is 53.9 Å². The van der Waals surface area contributed by atoms with Gasteiger partial charge in [-0.15, -0.1) is 0 Å². The number of nitrogens with one attached hydrogen (secondary N) is 1. The number of amides is 1. The van der Waals surface area contributed by atoms with Gasteiger partial charge >= 0.3 is 0 Å². The Hall–Kier alpha value is -3.85. The topological polar surface area (TPSA) is 85.2 Å². The van der Waals surface area contributed by atoms with Crippen molar-refractivity contribution < 1.29 is 14.0 Å². The Labute approximate surface area is 197 Å². The van der Waals surface area contributed by atoms with Crippen molar-refractivity contribution >= 4 is 22.8 Å². The van der Waals surface area contributed by atoms with Crippen molar-refractivity contribution in [1.82, 2.24) is 24.8 Å². The molecule has 9 heteroatoms. The fraction of sp³-hybridized carbons (Fsp3) is 0.280. The molecule has 2 aromatic carbocycles. The average Bonchev–Trinajstić information content (AvgIpc) is 3.20. The Balaban J connectivity index is 1.86. The summed E-state index contributed by atoms with van der Waals surface area (Å²) in [5, 5.41) is 9.96. The molecule has 0 radical (unpaired) electrons. The standard InChI is InChI=1S/C25H27FN6O2/c1-25(2,3)15-28-24-27-13-12-20(29-24)22-19-11-6-16(23(33)31(4)34-5)14-21(19)30-32(22)18-9-7-17(26)8-10-18/h6-14H,15H2,1-5H3,(H,27,28,29). The quantitative estimate of drug-likeness (QED) is 0.418. The van der Waals surface area contributed by atoms with Gasteiger partial charge in [0.05, 0.1) is 24.0 Å². The first-order valence-corrected chi connectivity index (χ1v) is 10.8. The molecule has 1 N–H and O–H groups in total. The molecule has 0 saturated heterocycles. The number of anilines is 1. The molecule has 0 bridgehead atoms. The zero-order valence-corrected chi connectivity index (χ0v) is 19.8. The van der Waals surface area contributed by atoms with Crippen LogP contribution in [0, 0.1) is 11.2 Å². The molecule has 0 unspecified atom stereocenters. The van der Waals surface area contributed by atoms with Crippen molar-refractivity contribution in [3.63, 3.8) is 0 Å². The molecule has 2 heterocycles. The van der Waals surface area contributed by atoms with E-state index in [1.807, 2.05) is 6.07 Å². The van der Waals surface area contributed by atoms with Gasteiger partial charge in [0.2, 0.25) is 5.95 Å². The van der Waals surface area contributed by atoms with Crippen molar-refractivity contribution in [2.75, 3.05) is 26.0 Å². The van der Waals surface area contributed by atoms with E-state index in [2.05, 4.69) is 31.1 Å². The van der Waals surface area contributed by atoms with Crippen LogP contribution in [0.3, 0.4) is 0 Å². The summed E-state index contributed by atoms with van der Waals surface area (Å²) in [5.41, 5.74) is 3.10. The number of halogens is 1. The minimum absolute atomic E-state index is 0.0558. The number of hydrogen-bond donors (Lipinski definition) is 1. The summed E-state index contributed by atoms with van der Waals surface area (Å²) < 4.78 is 15.3. The second kappa shape index (κ2) is 9.18. The van der Waals surface area contributed by atoms with Crippen molar-refractivity contribution in [1.29, 1.82) is 0 Å². The highest BCUT2D eigenvalue weighted by Gasteiger charge is 2.20. The summed E-state index contributed by atoms with van der Waals surface area (Å²) in [5.74, 6) is -0.132. The van der Waals surface area contributed by atoms with Gasteiger partial charge in [-0.2, -0.15) is 5.10 Å². The van der Waals surface area contributed by atoms with Crippen LogP contribution in [0.4, 0.5) is 10.3 Å². The molecule has 0 saturated carbocycles. The first-order valence-electron chi connectivity index (χ1n) is 10.8. The Morgan fingerprint density at radius 2 is 1.88 bits per heavy atom. The van der Waals surface area contributed by atoms with E-state index in [0.717, 1.165) is 10.4 Å². The Morgan fingerprint density at radius 1 is 1.15 bits per heavy atom. The highest BCUT2D eigenvalue weighted by atomic mass is 19.1. The Bertz CT molecular complexity index is 1330. The molecule has 2 aromatic heterocycles. The van der Waals surface area contributed by atoms with Gasteiger partial charge in [-0.1, -0.05) is 20.8 Å². The lowest BCUT2D eigenvalue weighted by Crippen LogP contribution is -2.25. The summed E-state index contributed by atoms with van der Waals surface area (Å²) in [7, 11) is 2.97. The van der Waals surface area contributed by atoms with E-state index in [1.54, 1.807) is 48.3 Å². The van der Waals surface area contributed by atoms with Crippen LogP contribution in [0.25, 0.3) is 28.0 Å². The molecule has 34 heavy (non-hydrogen) atoms. The molecule has 176 valence electrons. The van der Waals surface area contributed by atoms with Crippen LogP contribution in [0.15, 0.2) is 54.7 Å². The number of rotatable bonds is 6. The van der Waals surface area contributed by atoms with E-state index in [4.69, 9.17) is 14.9 Å². The van der Waals surface area contributed by atoms with Gasteiger partial charge in [-0.25, -0.2) is 24.1 Å². The maximum absolute atomic E-state index is 13.6. The average molecular weight is 463 g/mol. The molecule has 0 fully saturated rings. The molecule has 1 amide bonds. The molecule has 0 aliphatic carbocycles. The lowest BCUT2D eigenvalue weighted by molar-refractivity contribution is -0.0756. The summed E-state index contributed by atoms with van der Waals surface area (Å²) in [6, 6.07) is 13.1. The summed E-state index contributed by atoms with van der Waals surface area (Å²) in [4.78, 5) is 26.7. The van der Waals surface area contributed by atoms with Crippen LogP contribution in [0.1, 0.15) is 31.1 Å². The van der Waals surface area contributed by atoms with E-state index < -0.39 is 0 Å². The van der Waals surface area contributed by atoms with E-state index in [-0.39, 0.29) is 17.1 Å². The summed E-state index contributed by atoms with van der Waals surface area (Å²) in [6.07, 6.45) is 1.69. The number of hydrogen-bond acceptors (Lipinski definition) is 6. The van der Waals surface area contributed by atoms with Crippen molar-refractivity contribution in [2.45, 2.75) is 20.8 Å². The number of aromatic nitrogens is 4. The number of fused-ring (bicyclic) bond motifs is 1. The lowest BCUT2D eigenvalue weighted by atomic mass is 9.97. The lowest BCUT2D eigenvalue weighted by Gasteiger charge is -2.18. The first-order chi connectivity index (χ1) is 16.2. The number of carbonyl (C=O) groups is 1. The number of benzene rings is 2. The number of carbonyl (C=O) groups excluding carboxylic acids is 1. The van der Waals surface area contributed by atoms with Crippen LogP contribution < -0.4 is 5.32 Å². The Kier molecular flexibility index (Phi) is 6.30. The molecular formula is C25H27FN6O2. The maximum Gasteiger partial charge on any atom is 0.277 e. The maximum atomic E-state index is 13.6. The van der Waals surface area contributed by atoms with Gasteiger partial charge in [0.15, 0.2) is 0 Å². The minimum atomic E-state index is -0.340.